The van der Waals surface area contributed by atoms with E-state index in [2.05, 4.69) is 18.8 Å². The molecule has 0 fully saturated rings. The summed E-state index contributed by atoms with van der Waals surface area (Å²) < 4.78 is 0. The van der Waals surface area contributed by atoms with Crippen LogP contribution in [0.3, 0.4) is 0 Å². The monoisotopic (exact) mass is 326 g/mol. The summed E-state index contributed by atoms with van der Waals surface area (Å²) >= 11 is 0. The zero-order chi connectivity index (χ0) is 17.5. The molecule has 1 N–H and O–H groups in total. The van der Waals surface area contributed by atoms with Crippen molar-refractivity contribution in [2.45, 2.75) is 71.1 Å². The quantitative estimate of drug-likeness (QED) is 0.305. The Hall–Kier alpha value is -2.01. The Morgan fingerprint density at radius 2 is 1.54 bits per heavy atom. The summed E-state index contributed by atoms with van der Waals surface area (Å²) in [6.45, 7) is 2.26. The standard InChI is InChI=1S/C22H30O2/c1-2-3-4-5-6-7-8-9-10-11-12-13-20-14-16-21(17-15-20)18-19-22(23)24/h14-19H,2-11H2,1H3,(H,23,24)/b19-18+. The fraction of sp³-hybridized carbons (Fsp3) is 0.500. The van der Waals surface area contributed by atoms with Gasteiger partial charge in [0.1, 0.15) is 0 Å². The molecule has 0 spiro atoms. The molecule has 0 atom stereocenters. The molecule has 0 heterocycles. The average molecular weight is 326 g/mol. The molecule has 0 bridgehead atoms. The molecule has 0 saturated heterocycles. The summed E-state index contributed by atoms with van der Waals surface area (Å²) in [5.41, 5.74) is 1.86. The Kier molecular flexibility index (Phi) is 11.2. The number of aliphatic carboxylic acids is 1. The molecule has 130 valence electrons. The van der Waals surface area contributed by atoms with Gasteiger partial charge in [0.05, 0.1) is 0 Å². The fourth-order valence-corrected chi connectivity index (χ4v) is 2.53. The first-order valence-electron chi connectivity index (χ1n) is 9.22. The highest BCUT2D eigenvalue weighted by Crippen LogP contribution is 2.10. The van der Waals surface area contributed by atoms with Crippen LogP contribution in [0, 0.1) is 11.8 Å². The van der Waals surface area contributed by atoms with E-state index in [1.165, 1.54) is 57.8 Å². The number of carboxylic acids is 1. The zero-order valence-electron chi connectivity index (χ0n) is 14.9. The van der Waals surface area contributed by atoms with Crippen LogP contribution in [-0.4, -0.2) is 11.1 Å². The second-order valence-corrected chi connectivity index (χ2v) is 6.17. The van der Waals surface area contributed by atoms with E-state index in [1.54, 1.807) is 6.08 Å². The minimum absolute atomic E-state index is 0.877. The third-order valence-corrected chi connectivity index (χ3v) is 3.97. The Bertz CT molecular complexity index is 544. The van der Waals surface area contributed by atoms with Crippen LogP contribution < -0.4 is 0 Å². The molecule has 1 rings (SSSR count). The van der Waals surface area contributed by atoms with Gasteiger partial charge in [-0.15, -0.1) is 0 Å². The smallest absolute Gasteiger partial charge is 0.328 e. The number of benzene rings is 1. The Morgan fingerprint density at radius 1 is 0.958 bits per heavy atom. The summed E-state index contributed by atoms with van der Waals surface area (Å²) in [5, 5.41) is 8.59. The van der Waals surface area contributed by atoms with Crippen LogP contribution in [-0.2, 0) is 4.79 Å². The van der Waals surface area contributed by atoms with Gasteiger partial charge in [-0.3, -0.25) is 0 Å². The highest BCUT2D eigenvalue weighted by atomic mass is 16.4. The third-order valence-electron chi connectivity index (χ3n) is 3.97. The lowest BCUT2D eigenvalue weighted by atomic mass is 10.1. The number of carboxylic acid groups (broad SMARTS) is 1. The molecular weight excluding hydrogens is 296 g/mol. The first-order valence-corrected chi connectivity index (χ1v) is 9.22. The third kappa shape index (κ3) is 10.7. The SMILES string of the molecule is CCCCCCCCCCCC#Cc1ccc(/C=C/C(=O)O)cc1. The van der Waals surface area contributed by atoms with Crippen LogP contribution in [0.4, 0.5) is 0 Å². The van der Waals surface area contributed by atoms with E-state index < -0.39 is 5.97 Å². The molecule has 0 saturated carbocycles. The van der Waals surface area contributed by atoms with Crippen molar-refractivity contribution < 1.29 is 9.90 Å². The number of carbonyl (C=O) groups is 1. The van der Waals surface area contributed by atoms with E-state index in [9.17, 15) is 4.79 Å². The van der Waals surface area contributed by atoms with Gasteiger partial charge in [-0.1, -0.05) is 82.3 Å². The molecule has 0 aliphatic heterocycles. The van der Waals surface area contributed by atoms with E-state index in [1.807, 2.05) is 24.3 Å². The summed E-state index contributed by atoms with van der Waals surface area (Å²) in [6.07, 6.45) is 15.7. The largest absolute Gasteiger partial charge is 0.478 e. The van der Waals surface area contributed by atoms with Crippen LogP contribution in [0.1, 0.15) is 82.3 Å². The Morgan fingerprint density at radius 3 is 2.12 bits per heavy atom. The van der Waals surface area contributed by atoms with Gasteiger partial charge in [0.2, 0.25) is 0 Å². The van der Waals surface area contributed by atoms with Crippen molar-refractivity contribution in [2.24, 2.45) is 0 Å². The number of rotatable bonds is 11. The van der Waals surface area contributed by atoms with E-state index in [4.69, 9.17) is 5.11 Å². The van der Waals surface area contributed by atoms with Crippen LogP contribution in [0.5, 0.6) is 0 Å². The first-order chi connectivity index (χ1) is 11.7. The summed E-state index contributed by atoms with van der Waals surface area (Å²) in [6, 6.07) is 7.65. The molecule has 1 aromatic carbocycles. The van der Waals surface area contributed by atoms with Gasteiger partial charge in [-0.2, -0.15) is 0 Å². The normalized spacial score (nSPS) is 10.5. The van der Waals surface area contributed by atoms with E-state index in [0.717, 1.165) is 23.6 Å². The van der Waals surface area contributed by atoms with Crippen molar-refractivity contribution in [1.29, 1.82) is 0 Å². The summed E-state index contributed by atoms with van der Waals surface area (Å²) in [7, 11) is 0. The molecule has 24 heavy (non-hydrogen) atoms. The lowest BCUT2D eigenvalue weighted by Crippen LogP contribution is -1.85. The van der Waals surface area contributed by atoms with Crippen molar-refractivity contribution in [3.05, 3.63) is 41.5 Å². The molecule has 1 aromatic rings. The molecular formula is C22H30O2. The summed E-state index contributed by atoms with van der Waals surface area (Å²) in [4.78, 5) is 10.5. The molecule has 0 amide bonds. The Balaban J connectivity index is 2.12. The second-order valence-electron chi connectivity index (χ2n) is 6.17. The lowest BCUT2D eigenvalue weighted by molar-refractivity contribution is -0.131. The van der Waals surface area contributed by atoms with Gasteiger partial charge in [-0.25, -0.2) is 4.79 Å². The molecule has 0 aliphatic rings. The molecule has 0 unspecified atom stereocenters. The Labute approximate surface area is 147 Å². The van der Waals surface area contributed by atoms with E-state index >= 15 is 0 Å². The van der Waals surface area contributed by atoms with Gasteiger partial charge < -0.3 is 5.11 Å². The minimum atomic E-state index is -0.931. The number of unbranched alkanes of at least 4 members (excludes halogenated alkanes) is 9. The van der Waals surface area contributed by atoms with Gasteiger partial charge in [-0.05, 0) is 30.2 Å². The van der Waals surface area contributed by atoms with Crippen molar-refractivity contribution in [2.75, 3.05) is 0 Å². The van der Waals surface area contributed by atoms with E-state index in [-0.39, 0.29) is 0 Å². The fourth-order valence-electron chi connectivity index (χ4n) is 2.53. The lowest BCUT2D eigenvalue weighted by Gasteiger charge is -2.00. The highest BCUT2D eigenvalue weighted by Gasteiger charge is 1.92. The van der Waals surface area contributed by atoms with Gasteiger partial charge in [0.25, 0.3) is 0 Å². The number of hydrogen-bond donors (Lipinski definition) is 1. The predicted molar refractivity (Wildman–Crippen MR) is 102 cm³/mol. The molecule has 0 aromatic heterocycles. The first kappa shape index (κ1) is 20.0. The predicted octanol–water partition coefficient (Wildman–Crippen LogP) is 6.06. The van der Waals surface area contributed by atoms with Gasteiger partial charge >= 0.3 is 5.97 Å². The maximum Gasteiger partial charge on any atom is 0.328 e. The second kappa shape index (κ2) is 13.4. The van der Waals surface area contributed by atoms with Gasteiger partial charge in [0.15, 0.2) is 0 Å². The van der Waals surface area contributed by atoms with Crippen molar-refractivity contribution in [3.63, 3.8) is 0 Å². The number of hydrogen-bond acceptors (Lipinski definition) is 1. The maximum absolute atomic E-state index is 10.5. The highest BCUT2D eigenvalue weighted by molar-refractivity contribution is 5.85. The van der Waals surface area contributed by atoms with Crippen molar-refractivity contribution >= 4 is 12.0 Å². The summed E-state index contributed by atoms with van der Waals surface area (Å²) in [5.74, 6) is 5.47. The molecule has 2 nitrogen and oxygen atoms in total. The van der Waals surface area contributed by atoms with Crippen LogP contribution in [0.2, 0.25) is 0 Å². The van der Waals surface area contributed by atoms with Gasteiger partial charge in [0, 0.05) is 18.1 Å². The van der Waals surface area contributed by atoms with Crippen LogP contribution in [0.25, 0.3) is 6.08 Å². The molecule has 0 radical (unpaired) electrons. The van der Waals surface area contributed by atoms with Crippen molar-refractivity contribution in [3.8, 4) is 11.8 Å². The van der Waals surface area contributed by atoms with E-state index in [0.29, 0.717) is 0 Å². The van der Waals surface area contributed by atoms with Crippen LogP contribution >= 0.6 is 0 Å². The topological polar surface area (TPSA) is 37.3 Å². The molecule has 0 aliphatic carbocycles. The van der Waals surface area contributed by atoms with Crippen molar-refractivity contribution in [1.82, 2.24) is 0 Å². The maximum atomic E-state index is 10.5. The zero-order valence-corrected chi connectivity index (χ0v) is 14.9. The average Bonchev–Trinajstić information content (AvgIpc) is 2.59. The van der Waals surface area contributed by atoms with Crippen LogP contribution in [0.15, 0.2) is 30.3 Å². The minimum Gasteiger partial charge on any atom is -0.478 e. The molecule has 2 heteroatoms.